The Morgan fingerprint density at radius 2 is 0.230 bits per heavy atom. The van der Waals surface area contributed by atoms with E-state index in [-0.39, 0.29) is 14.1 Å². The molecular weight excluding hydrogens is 1260 g/mol. The fraction of sp³-hybridized carbons (Fsp3) is 1.00. The molecule has 0 radical (unpaired) electrons. The third kappa shape index (κ3) is 119. The summed E-state index contributed by atoms with van der Waals surface area (Å²) in [6.07, 6.45) is 92.7. The summed E-state index contributed by atoms with van der Waals surface area (Å²) in [6.45, 7) is 29.4. The van der Waals surface area contributed by atoms with Crippen molar-refractivity contribution in [1.29, 1.82) is 0 Å². The van der Waals surface area contributed by atoms with Crippen LogP contribution >= 0.6 is 0 Å². The second-order valence-electron chi connectivity index (χ2n) is 34.0. The largest absolute Gasteiger partial charge is 1.00 e. The van der Waals surface area contributed by atoms with Crippen LogP contribution in [0.5, 0.6) is 0 Å². The van der Waals surface area contributed by atoms with Gasteiger partial charge in [0, 0.05) is 6.26 Å². The molecule has 0 aliphatic carbocycles. The molecule has 0 unspecified atom stereocenters. The lowest BCUT2D eigenvalue weighted by molar-refractivity contribution is -0.890. The minimum absolute atomic E-state index is 0. The molecule has 7 nitrogen and oxygen atoms in total. The van der Waals surface area contributed by atoms with Crippen LogP contribution in [0.3, 0.4) is 0 Å². The number of hydrogen-bond donors (Lipinski definition) is 0. The molecular formula is C89H195F3N4O3S. The van der Waals surface area contributed by atoms with Gasteiger partial charge in [-0.1, -0.05) is 364 Å². The van der Waals surface area contributed by atoms with Gasteiger partial charge in [-0.25, -0.2) is 8.42 Å². The quantitative estimate of drug-likeness (QED) is 0.0346. The van der Waals surface area contributed by atoms with Crippen molar-refractivity contribution in [3.63, 3.8) is 0 Å². The molecule has 0 fully saturated rings. The van der Waals surface area contributed by atoms with E-state index in [1.165, 1.54) is 481 Å². The second kappa shape index (κ2) is 90.9. The second-order valence-corrected chi connectivity index (χ2v) is 35.4. The Labute approximate surface area is 633 Å². The predicted molar refractivity (Wildman–Crippen MR) is 444 cm³/mol. The van der Waals surface area contributed by atoms with Crippen molar-refractivity contribution in [2.75, 3.05) is 115 Å². The van der Waals surface area contributed by atoms with Gasteiger partial charge in [-0.15, -0.1) is 0 Å². The first-order valence-electron chi connectivity index (χ1n) is 44.7. The molecule has 0 bridgehead atoms. The van der Waals surface area contributed by atoms with Crippen LogP contribution in [0.1, 0.15) is 466 Å². The third-order valence-corrected chi connectivity index (χ3v) is 20.9. The van der Waals surface area contributed by atoms with Crippen LogP contribution < -0.4 is 14.1 Å². The molecule has 0 saturated carbocycles. The van der Waals surface area contributed by atoms with Gasteiger partial charge in [0.15, 0.2) is 0 Å². The van der Waals surface area contributed by atoms with E-state index in [1.807, 2.05) is 0 Å². The highest BCUT2D eigenvalue weighted by Crippen LogP contribution is 2.19. The van der Waals surface area contributed by atoms with Crippen molar-refractivity contribution in [2.24, 2.45) is 0 Å². The molecule has 0 saturated heterocycles. The maximum absolute atomic E-state index is 9.08. The number of quaternary nitrogens is 4. The number of unbranched alkanes of at least 4 members (excludes halogenated alkanes) is 56. The smallest absolute Gasteiger partial charge is 0.0916 e. The van der Waals surface area contributed by atoms with E-state index in [1.54, 1.807) is 0 Å². The Hall–Kier alpha value is -0.460. The zero-order chi connectivity index (χ0) is 73.4. The van der Waals surface area contributed by atoms with Gasteiger partial charge < -0.3 is 36.6 Å². The van der Waals surface area contributed by atoms with E-state index < -0.39 is 10.1 Å². The van der Waals surface area contributed by atoms with E-state index in [4.69, 9.17) is 13.0 Å². The Balaban J connectivity index is -0.000000182. The number of hydrogen-bond acceptors (Lipinski definition) is 3. The average molecular weight is 1460 g/mol. The zero-order valence-electron chi connectivity index (χ0n) is 72.5. The summed E-state index contributed by atoms with van der Waals surface area (Å²) < 4.78 is 32.2. The summed E-state index contributed by atoms with van der Waals surface area (Å²) in [6, 6.07) is 0. The maximum atomic E-state index is 9.08. The maximum Gasteiger partial charge on any atom is 0.0916 e. The molecule has 0 heterocycles. The molecule has 0 atom stereocenters. The van der Waals surface area contributed by atoms with Crippen LogP contribution in [0.2, 0.25) is 0 Å². The normalized spacial score (nSPS) is 11.6. The summed E-state index contributed by atoms with van der Waals surface area (Å²) in [4.78, 5) is 0. The van der Waals surface area contributed by atoms with Crippen LogP contribution in [-0.4, -0.2) is 146 Å². The molecule has 616 valence electrons. The summed E-state index contributed by atoms with van der Waals surface area (Å²) in [5.41, 5.74) is 0. The third-order valence-electron chi connectivity index (χ3n) is 20.9. The molecule has 11 heteroatoms. The lowest BCUT2D eigenvalue weighted by Gasteiger charge is -2.30. The Morgan fingerprint density at radius 1 is 0.170 bits per heavy atom. The molecule has 0 rings (SSSR count). The van der Waals surface area contributed by atoms with Crippen molar-refractivity contribution in [3.8, 4) is 0 Å². The first kappa shape index (κ1) is 115. The van der Waals surface area contributed by atoms with Crippen LogP contribution in [0, 0.1) is 0 Å². The molecule has 100 heavy (non-hydrogen) atoms. The molecule has 0 aromatic heterocycles. The van der Waals surface area contributed by atoms with E-state index in [0.29, 0.717) is 6.26 Å². The highest BCUT2D eigenvalue weighted by molar-refractivity contribution is 7.84. The lowest BCUT2D eigenvalue weighted by atomic mass is 10.1. The number of rotatable bonds is 72. The summed E-state index contributed by atoms with van der Waals surface area (Å²) >= 11 is 0. The van der Waals surface area contributed by atoms with Gasteiger partial charge >= 0.3 is 0 Å². The Morgan fingerprint density at radius 3 is 0.300 bits per heavy atom. The topological polar surface area (TPSA) is 57.2 Å². The van der Waals surface area contributed by atoms with Crippen molar-refractivity contribution in [2.45, 2.75) is 466 Å². The van der Waals surface area contributed by atoms with Gasteiger partial charge in [-0.05, 0) is 103 Å². The van der Waals surface area contributed by atoms with Crippen molar-refractivity contribution in [1.82, 2.24) is 0 Å². The monoisotopic (exact) mass is 1460 g/mol. The van der Waals surface area contributed by atoms with Gasteiger partial charge in [-0.3, -0.25) is 0 Å². The van der Waals surface area contributed by atoms with Gasteiger partial charge in [0.05, 0.1) is 119 Å². The highest BCUT2D eigenvalue weighted by Gasteiger charge is 2.17. The predicted octanol–water partition coefficient (Wildman–Crippen LogP) is 19.6. The summed E-state index contributed by atoms with van der Waals surface area (Å²) in [5, 5.41) is 0. The number of halogens is 3. The van der Waals surface area contributed by atoms with Crippen LogP contribution in [0.4, 0.5) is 0 Å². The fourth-order valence-electron chi connectivity index (χ4n) is 13.8. The van der Waals surface area contributed by atoms with Gasteiger partial charge in [0.2, 0.25) is 0 Å². The van der Waals surface area contributed by atoms with Crippen LogP contribution in [-0.2, 0) is 10.1 Å². The van der Waals surface area contributed by atoms with Crippen molar-refractivity contribution < 1.29 is 45.0 Å². The summed E-state index contributed by atoms with van der Waals surface area (Å²) in [5.74, 6) is 0. The molecule has 0 aliphatic rings. The van der Waals surface area contributed by atoms with E-state index in [9.17, 15) is 0 Å². The Kier molecular flexibility index (Phi) is 105. The van der Waals surface area contributed by atoms with Gasteiger partial charge in [-0.2, -0.15) is 0 Å². The Bertz CT molecular complexity index is 1250. The fourth-order valence-corrected chi connectivity index (χ4v) is 13.8. The molecule has 0 aromatic rings. The van der Waals surface area contributed by atoms with Crippen molar-refractivity contribution in [3.05, 3.63) is 0 Å². The average Bonchev–Trinajstić information content (AvgIpc) is 3.60. The van der Waals surface area contributed by atoms with Crippen LogP contribution in [0.25, 0.3) is 0 Å². The summed E-state index contributed by atoms with van der Waals surface area (Å²) in [7, 11) is 15.5. The van der Waals surface area contributed by atoms with Crippen molar-refractivity contribution >= 4 is 10.1 Å². The standard InChI is InChI=1S/4C22H48N.CH4O3S.3FH/c4*1-5-7-9-11-13-15-17-19-21-23(3,4)22-20-18-16-14-12-10-8-6-2;1-5(2,3)4;;;/h4*5-22H2,1-4H3;1H3,(H,2,3,4);3*1H/q4*+1;;;;/p-4. The van der Waals surface area contributed by atoms with E-state index in [2.05, 4.69) is 112 Å². The highest BCUT2D eigenvalue weighted by atomic mass is 32.2. The lowest BCUT2D eigenvalue weighted by Crippen LogP contribution is -3.00. The molecule has 0 amide bonds. The van der Waals surface area contributed by atoms with Crippen LogP contribution in [0.15, 0.2) is 0 Å². The minimum atomic E-state index is -3.92. The zero-order valence-corrected chi connectivity index (χ0v) is 73.3. The molecule has 0 aromatic carbocycles. The molecule has 0 aliphatic heterocycles. The molecule has 0 spiro atoms. The van der Waals surface area contributed by atoms with Gasteiger partial charge in [0.25, 0.3) is 0 Å². The molecule has 0 N–H and O–H groups in total. The number of nitrogens with zero attached hydrogens (tertiary/aromatic N) is 4. The van der Waals surface area contributed by atoms with E-state index in [0.717, 1.165) is 0 Å². The van der Waals surface area contributed by atoms with E-state index >= 15 is 0 Å². The SMILES string of the molecule is CCCCCCCCCC[N+](C)(C)CCCCCCCCCC.CCCCCCCCCC[N+](C)(C)CCCCCCCCCC.CCCCCCCCCC[N+](C)(C)CCCCCCCCCC.CCCCCCCCCC[N+](C)(C)CCCCCCCCCC.CS(=O)(=O)[O-].[F-].[F-].[F-]. The first-order valence-corrected chi connectivity index (χ1v) is 46.5. The van der Waals surface area contributed by atoms with Gasteiger partial charge in [0.1, 0.15) is 0 Å². The minimum Gasteiger partial charge on any atom is -1.00 e. The first-order chi connectivity index (χ1) is 46.5.